The number of aromatic amines is 1. The second-order valence-electron chi connectivity index (χ2n) is 6.33. The normalized spacial score (nSPS) is 11.6. The number of nitrogens with zero attached hydrogens (tertiary/aromatic N) is 3. The Hall–Kier alpha value is -2.48. The van der Waals surface area contributed by atoms with Gasteiger partial charge in [0.1, 0.15) is 10.7 Å². The summed E-state index contributed by atoms with van der Waals surface area (Å²) in [6.07, 6.45) is 5.92. The monoisotopic (exact) mass is 437 g/mol. The Kier molecular flexibility index (Phi) is 4.07. The van der Waals surface area contributed by atoms with E-state index in [1.54, 1.807) is 17.5 Å². The molecule has 0 unspecified atom stereocenters. The van der Waals surface area contributed by atoms with Crippen LogP contribution >= 0.6 is 27.3 Å². The van der Waals surface area contributed by atoms with Crippen molar-refractivity contribution in [2.75, 3.05) is 6.54 Å². The molecular formula is C20H16BrN5S. The minimum absolute atomic E-state index is 0.602. The molecule has 5 aromatic rings. The number of benzene rings is 1. The Labute approximate surface area is 168 Å². The zero-order valence-electron chi connectivity index (χ0n) is 14.3. The molecule has 0 aliphatic rings. The van der Waals surface area contributed by atoms with Crippen molar-refractivity contribution in [3.05, 3.63) is 58.8 Å². The van der Waals surface area contributed by atoms with Crippen LogP contribution in [0.15, 0.2) is 58.8 Å². The second-order valence-corrected chi connectivity index (χ2v) is 8.10. The van der Waals surface area contributed by atoms with E-state index >= 15 is 0 Å². The van der Waals surface area contributed by atoms with Crippen molar-refractivity contribution in [3.8, 4) is 21.8 Å². The molecule has 134 valence electrons. The number of nitrogens with one attached hydrogen (secondary N) is 1. The van der Waals surface area contributed by atoms with Crippen molar-refractivity contribution in [2.45, 2.75) is 6.54 Å². The van der Waals surface area contributed by atoms with Crippen LogP contribution in [-0.4, -0.2) is 26.1 Å². The summed E-state index contributed by atoms with van der Waals surface area (Å²) in [5.41, 5.74) is 11.0. The molecule has 5 nitrogen and oxygen atoms in total. The summed E-state index contributed by atoms with van der Waals surface area (Å²) >= 11 is 5.25. The summed E-state index contributed by atoms with van der Waals surface area (Å²) in [7, 11) is 0. The van der Waals surface area contributed by atoms with E-state index in [0.717, 1.165) is 43.9 Å². The first-order valence-corrected chi connectivity index (χ1v) is 10.3. The first-order valence-electron chi connectivity index (χ1n) is 8.61. The van der Waals surface area contributed by atoms with Gasteiger partial charge >= 0.3 is 0 Å². The van der Waals surface area contributed by atoms with Gasteiger partial charge in [0.25, 0.3) is 0 Å². The third-order valence-electron chi connectivity index (χ3n) is 4.67. The third-order valence-corrected chi connectivity index (χ3v) is 6.04. The summed E-state index contributed by atoms with van der Waals surface area (Å²) < 4.78 is 3.26. The van der Waals surface area contributed by atoms with Crippen LogP contribution in [0.4, 0.5) is 0 Å². The van der Waals surface area contributed by atoms with E-state index in [1.165, 1.54) is 10.9 Å². The molecular weight excluding hydrogens is 422 g/mol. The van der Waals surface area contributed by atoms with Crippen molar-refractivity contribution in [1.82, 2.24) is 19.5 Å². The van der Waals surface area contributed by atoms with Crippen LogP contribution in [0.1, 0.15) is 0 Å². The standard InChI is InChI=1S/C20H16BrN5S/c21-12-3-4-18-14(8-12)16(10-26(18)7-5-22)20-25-17(11-27-20)15-9-24-19-13(15)2-1-6-23-19/h1-4,6,8-11H,5,7,22H2,(H,23,24). The number of hydrogen-bond donors (Lipinski definition) is 2. The van der Waals surface area contributed by atoms with E-state index in [9.17, 15) is 0 Å². The molecule has 1 aromatic carbocycles. The highest BCUT2D eigenvalue weighted by atomic mass is 79.9. The van der Waals surface area contributed by atoms with Gasteiger partial charge in [0.2, 0.25) is 0 Å². The summed E-state index contributed by atoms with van der Waals surface area (Å²) in [5, 5.41) is 5.37. The predicted molar refractivity (Wildman–Crippen MR) is 115 cm³/mol. The Bertz CT molecular complexity index is 1270. The second kappa shape index (κ2) is 6.60. The number of thiazole rings is 1. The average molecular weight is 438 g/mol. The minimum atomic E-state index is 0.602. The number of halogens is 1. The maximum absolute atomic E-state index is 5.80. The predicted octanol–water partition coefficient (Wildman–Crippen LogP) is 5.03. The average Bonchev–Trinajstić information content (AvgIpc) is 3.38. The van der Waals surface area contributed by atoms with Gasteiger partial charge < -0.3 is 15.3 Å². The van der Waals surface area contributed by atoms with Crippen LogP contribution in [0, 0.1) is 0 Å². The lowest BCUT2D eigenvalue weighted by Crippen LogP contribution is -2.08. The lowest BCUT2D eigenvalue weighted by molar-refractivity contribution is 0.736. The van der Waals surface area contributed by atoms with Gasteiger partial charge in [-0.1, -0.05) is 15.9 Å². The number of fused-ring (bicyclic) bond motifs is 2. The van der Waals surface area contributed by atoms with Gasteiger partial charge in [-0.15, -0.1) is 11.3 Å². The molecule has 7 heteroatoms. The fourth-order valence-corrected chi connectivity index (χ4v) is 4.66. The van der Waals surface area contributed by atoms with Gasteiger partial charge in [0, 0.05) is 68.9 Å². The quantitative estimate of drug-likeness (QED) is 0.414. The summed E-state index contributed by atoms with van der Waals surface area (Å²) in [5.74, 6) is 0. The molecule has 0 amide bonds. The minimum Gasteiger partial charge on any atom is -0.345 e. The number of pyridine rings is 1. The van der Waals surface area contributed by atoms with Crippen LogP contribution in [0.25, 0.3) is 43.8 Å². The molecule has 0 atom stereocenters. The molecule has 0 spiro atoms. The molecule has 0 radical (unpaired) electrons. The van der Waals surface area contributed by atoms with Gasteiger partial charge in [-0.05, 0) is 30.3 Å². The smallest absolute Gasteiger partial charge is 0.137 e. The molecule has 0 saturated heterocycles. The molecule has 0 fully saturated rings. The van der Waals surface area contributed by atoms with Crippen LogP contribution in [0.5, 0.6) is 0 Å². The van der Waals surface area contributed by atoms with Crippen molar-refractivity contribution in [1.29, 1.82) is 0 Å². The molecule has 0 aliphatic carbocycles. The molecule has 4 heterocycles. The summed E-state index contributed by atoms with van der Waals surface area (Å²) in [6, 6.07) is 10.3. The molecule has 0 saturated carbocycles. The number of aromatic nitrogens is 4. The first kappa shape index (κ1) is 16.7. The lowest BCUT2D eigenvalue weighted by Gasteiger charge is -2.01. The van der Waals surface area contributed by atoms with E-state index in [-0.39, 0.29) is 0 Å². The Morgan fingerprint density at radius 3 is 3.00 bits per heavy atom. The van der Waals surface area contributed by atoms with Gasteiger partial charge in [-0.25, -0.2) is 9.97 Å². The largest absolute Gasteiger partial charge is 0.345 e. The Morgan fingerprint density at radius 2 is 2.11 bits per heavy atom. The highest BCUT2D eigenvalue weighted by Crippen LogP contribution is 2.37. The molecule has 5 rings (SSSR count). The highest BCUT2D eigenvalue weighted by molar-refractivity contribution is 9.10. The van der Waals surface area contributed by atoms with Crippen molar-refractivity contribution in [3.63, 3.8) is 0 Å². The topological polar surface area (TPSA) is 72.5 Å². The van der Waals surface area contributed by atoms with Crippen LogP contribution in [0.3, 0.4) is 0 Å². The van der Waals surface area contributed by atoms with Crippen molar-refractivity contribution >= 4 is 49.2 Å². The van der Waals surface area contributed by atoms with Gasteiger partial charge in [-0.2, -0.15) is 0 Å². The van der Waals surface area contributed by atoms with Gasteiger partial charge in [-0.3, -0.25) is 0 Å². The van der Waals surface area contributed by atoms with E-state index in [0.29, 0.717) is 6.54 Å². The van der Waals surface area contributed by atoms with Crippen LogP contribution in [0.2, 0.25) is 0 Å². The first-order chi connectivity index (χ1) is 13.2. The molecule has 0 aliphatic heterocycles. The van der Waals surface area contributed by atoms with E-state index in [1.807, 2.05) is 12.3 Å². The fourth-order valence-electron chi connectivity index (χ4n) is 3.45. The van der Waals surface area contributed by atoms with Gasteiger partial charge in [0.15, 0.2) is 0 Å². The maximum atomic E-state index is 5.80. The van der Waals surface area contributed by atoms with E-state index in [4.69, 9.17) is 10.7 Å². The summed E-state index contributed by atoms with van der Waals surface area (Å²) in [6.45, 7) is 1.38. The highest BCUT2D eigenvalue weighted by Gasteiger charge is 2.16. The van der Waals surface area contributed by atoms with Crippen molar-refractivity contribution in [2.24, 2.45) is 5.73 Å². The van der Waals surface area contributed by atoms with Crippen LogP contribution in [-0.2, 0) is 6.54 Å². The molecule has 0 bridgehead atoms. The lowest BCUT2D eigenvalue weighted by atomic mass is 10.1. The van der Waals surface area contributed by atoms with Crippen molar-refractivity contribution < 1.29 is 0 Å². The maximum Gasteiger partial charge on any atom is 0.137 e. The molecule has 3 N–H and O–H groups in total. The Balaban J connectivity index is 1.65. The van der Waals surface area contributed by atoms with Gasteiger partial charge in [0.05, 0.1) is 5.69 Å². The molecule has 4 aromatic heterocycles. The third kappa shape index (κ3) is 2.79. The zero-order valence-corrected chi connectivity index (χ0v) is 16.7. The number of nitrogens with two attached hydrogens (primary N) is 1. The number of rotatable bonds is 4. The Morgan fingerprint density at radius 1 is 1.19 bits per heavy atom. The van der Waals surface area contributed by atoms with E-state index in [2.05, 4.69) is 66.3 Å². The van der Waals surface area contributed by atoms with E-state index < -0.39 is 0 Å². The summed E-state index contributed by atoms with van der Waals surface area (Å²) in [4.78, 5) is 12.5. The number of hydrogen-bond acceptors (Lipinski definition) is 4. The molecule has 27 heavy (non-hydrogen) atoms. The van der Waals surface area contributed by atoms with Crippen LogP contribution < -0.4 is 5.73 Å². The SMILES string of the molecule is NCCn1cc(-c2nc(-c3c[nH]c4ncccc34)cs2)c2cc(Br)ccc21. The number of H-pyrrole nitrogens is 1. The fraction of sp³-hybridized carbons (Fsp3) is 0.100. The zero-order chi connectivity index (χ0) is 18.4.